The van der Waals surface area contributed by atoms with Crippen LogP contribution in [0.4, 0.5) is 14.5 Å². The molecule has 1 aliphatic heterocycles. The van der Waals surface area contributed by atoms with E-state index in [9.17, 15) is 13.6 Å². The van der Waals surface area contributed by atoms with Crippen molar-refractivity contribution in [1.82, 2.24) is 19.2 Å². The van der Waals surface area contributed by atoms with E-state index in [0.29, 0.717) is 46.8 Å². The first kappa shape index (κ1) is 16.6. The largest absolute Gasteiger partial charge is 0.305 e. The highest BCUT2D eigenvalue weighted by atomic mass is 19.1. The quantitative estimate of drug-likeness (QED) is 0.536. The van der Waals surface area contributed by atoms with Crippen LogP contribution in [0, 0.1) is 18.7 Å². The summed E-state index contributed by atoms with van der Waals surface area (Å²) in [6.45, 7) is 2.62. The number of aryl methyl sites for hydroxylation is 1. The molecule has 1 amide bonds. The summed E-state index contributed by atoms with van der Waals surface area (Å²) in [7, 11) is 0. The number of rotatable bonds is 2. The number of benzene rings is 1. The Morgan fingerprint density at radius 2 is 1.93 bits per heavy atom. The Kier molecular flexibility index (Phi) is 3.55. The van der Waals surface area contributed by atoms with Crippen LogP contribution in [0.15, 0.2) is 48.9 Å². The van der Waals surface area contributed by atoms with Gasteiger partial charge in [0.25, 0.3) is 5.91 Å². The van der Waals surface area contributed by atoms with Gasteiger partial charge >= 0.3 is 0 Å². The molecule has 0 N–H and O–H groups in total. The smallest absolute Gasteiger partial charge is 0.277 e. The number of nitrogens with zero attached hydrogens (tertiary/aromatic N) is 5. The zero-order valence-electron chi connectivity index (χ0n) is 14.9. The van der Waals surface area contributed by atoms with Crippen molar-refractivity contribution in [3.63, 3.8) is 0 Å². The molecule has 5 rings (SSSR count). The van der Waals surface area contributed by atoms with Crippen LogP contribution in [0.5, 0.6) is 0 Å². The lowest BCUT2D eigenvalue weighted by Crippen LogP contribution is -2.40. The third-order valence-electron chi connectivity index (χ3n) is 5.05. The van der Waals surface area contributed by atoms with Gasteiger partial charge in [-0.2, -0.15) is 9.49 Å². The molecule has 8 heteroatoms. The second-order valence-electron chi connectivity index (χ2n) is 6.75. The Hall–Kier alpha value is -3.55. The Morgan fingerprint density at radius 3 is 2.75 bits per heavy atom. The molecule has 4 aromatic rings. The number of pyridine rings is 1. The number of carbonyl (C=O) groups is 1. The van der Waals surface area contributed by atoms with Crippen LogP contribution in [0.3, 0.4) is 0 Å². The minimum atomic E-state index is -0.479. The highest BCUT2D eigenvalue weighted by molar-refractivity contribution is 6.09. The first-order valence-electron chi connectivity index (χ1n) is 8.80. The predicted molar refractivity (Wildman–Crippen MR) is 99.2 cm³/mol. The molecule has 0 unspecified atom stereocenters. The molecule has 0 saturated carbocycles. The van der Waals surface area contributed by atoms with Crippen LogP contribution >= 0.6 is 0 Å². The maximum Gasteiger partial charge on any atom is 0.277 e. The van der Waals surface area contributed by atoms with Crippen molar-refractivity contribution in [2.24, 2.45) is 0 Å². The molecule has 4 heterocycles. The molecular weight excluding hydrogens is 364 g/mol. The molecular formula is C20H15F2N5O. The van der Waals surface area contributed by atoms with Crippen LogP contribution < -0.4 is 4.90 Å². The molecule has 6 nitrogen and oxygen atoms in total. The molecule has 0 aliphatic carbocycles. The normalized spacial score (nSPS) is 14.0. The van der Waals surface area contributed by atoms with E-state index in [1.165, 1.54) is 10.5 Å². The number of carbonyl (C=O) groups excluding carboxylic acids is 1. The molecule has 0 spiro atoms. The second kappa shape index (κ2) is 5.98. The van der Waals surface area contributed by atoms with Gasteiger partial charge in [-0.25, -0.2) is 9.37 Å². The molecule has 0 fully saturated rings. The van der Waals surface area contributed by atoms with Crippen molar-refractivity contribution in [2.45, 2.75) is 13.5 Å². The van der Waals surface area contributed by atoms with Crippen molar-refractivity contribution >= 4 is 17.2 Å². The zero-order chi connectivity index (χ0) is 19.4. The van der Waals surface area contributed by atoms with E-state index in [1.807, 2.05) is 0 Å². The van der Waals surface area contributed by atoms with E-state index in [1.54, 1.807) is 53.2 Å². The Balaban J connectivity index is 1.59. The molecule has 0 saturated heterocycles. The first-order valence-corrected chi connectivity index (χ1v) is 8.80. The number of aromatic nitrogens is 4. The fraction of sp³-hybridized carbons (Fsp3) is 0.150. The van der Waals surface area contributed by atoms with E-state index in [0.717, 1.165) is 6.20 Å². The van der Waals surface area contributed by atoms with Crippen molar-refractivity contribution in [3.8, 4) is 11.1 Å². The summed E-state index contributed by atoms with van der Waals surface area (Å²) in [6, 6.07) is 8.09. The molecule has 1 aliphatic rings. The molecule has 0 bridgehead atoms. The van der Waals surface area contributed by atoms with Gasteiger partial charge in [0.15, 0.2) is 0 Å². The van der Waals surface area contributed by atoms with Gasteiger partial charge in [0.05, 0.1) is 18.9 Å². The fourth-order valence-corrected chi connectivity index (χ4v) is 3.57. The summed E-state index contributed by atoms with van der Waals surface area (Å²) in [5, 5.41) is 4.32. The Bertz CT molecular complexity index is 1240. The predicted octanol–water partition coefficient (Wildman–Crippen LogP) is 3.44. The second-order valence-corrected chi connectivity index (χ2v) is 6.75. The van der Waals surface area contributed by atoms with Crippen LogP contribution in [0.2, 0.25) is 0 Å². The monoisotopic (exact) mass is 379 g/mol. The van der Waals surface area contributed by atoms with Crippen LogP contribution in [-0.2, 0) is 6.54 Å². The lowest BCUT2D eigenvalue weighted by atomic mass is 10.1. The van der Waals surface area contributed by atoms with Gasteiger partial charge in [-0.15, -0.1) is 0 Å². The highest BCUT2D eigenvalue weighted by Crippen LogP contribution is 2.30. The van der Waals surface area contributed by atoms with Gasteiger partial charge in [0, 0.05) is 29.6 Å². The van der Waals surface area contributed by atoms with Crippen molar-refractivity contribution < 1.29 is 13.6 Å². The SMILES string of the molecule is Cc1cc(N2CCn3ncc(-c4ccc5ncc(F)n5c4)c3C2=O)ccc1F. The number of imidazole rings is 1. The fourth-order valence-electron chi connectivity index (χ4n) is 3.57. The molecule has 1 aromatic carbocycles. The topological polar surface area (TPSA) is 55.4 Å². The van der Waals surface area contributed by atoms with Crippen LogP contribution in [0.1, 0.15) is 16.1 Å². The number of hydrogen-bond donors (Lipinski definition) is 0. The third kappa shape index (κ3) is 2.41. The minimum Gasteiger partial charge on any atom is -0.305 e. The summed E-state index contributed by atoms with van der Waals surface area (Å²) in [5.74, 6) is -1.02. The van der Waals surface area contributed by atoms with Gasteiger partial charge in [-0.1, -0.05) is 0 Å². The summed E-state index contributed by atoms with van der Waals surface area (Å²) < 4.78 is 30.5. The average molecular weight is 379 g/mol. The standard InChI is InChI=1S/C20H15F2N5O/c1-12-8-14(3-4-16(12)21)25-6-7-27-19(20(25)28)15(9-24-27)13-2-5-18-23-10-17(22)26(18)11-13/h2-5,8-11H,6-7H2,1H3. The van der Waals surface area contributed by atoms with Crippen LogP contribution in [-0.4, -0.2) is 31.6 Å². The average Bonchev–Trinajstić information content (AvgIpc) is 3.29. The summed E-state index contributed by atoms with van der Waals surface area (Å²) >= 11 is 0. The highest BCUT2D eigenvalue weighted by Gasteiger charge is 2.30. The van der Waals surface area contributed by atoms with Gasteiger partial charge in [-0.3, -0.25) is 13.9 Å². The summed E-state index contributed by atoms with van der Waals surface area (Å²) in [6.07, 6.45) is 4.36. The van der Waals surface area contributed by atoms with Crippen LogP contribution in [0.25, 0.3) is 16.8 Å². The first-order chi connectivity index (χ1) is 13.5. The summed E-state index contributed by atoms with van der Waals surface area (Å²) in [4.78, 5) is 18.8. The van der Waals surface area contributed by atoms with Gasteiger partial charge in [0.1, 0.15) is 17.2 Å². The van der Waals surface area contributed by atoms with Gasteiger partial charge in [0.2, 0.25) is 5.95 Å². The maximum atomic E-state index is 13.9. The molecule has 0 atom stereocenters. The maximum absolute atomic E-state index is 13.9. The van der Waals surface area contributed by atoms with Gasteiger partial charge in [-0.05, 0) is 42.8 Å². The van der Waals surface area contributed by atoms with E-state index in [-0.39, 0.29) is 11.7 Å². The summed E-state index contributed by atoms with van der Waals surface area (Å²) in [5.41, 5.74) is 3.30. The van der Waals surface area contributed by atoms with Crippen molar-refractivity contribution in [1.29, 1.82) is 0 Å². The number of fused-ring (bicyclic) bond motifs is 2. The molecule has 0 radical (unpaired) electrons. The molecule has 3 aromatic heterocycles. The van der Waals surface area contributed by atoms with E-state index >= 15 is 0 Å². The van der Waals surface area contributed by atoms with E-state index in [4.69, 9.17) is 0 Å². The lowest BCUT2D eigenvalue weighted by Gasteiger charge is -2.28. The Labute approximate surface area is 158 Å². The lowest BCUT2D eigenvalue weighted by molar-refractivity contribution is 0.0963. The van der Waals surface area contributed by atoms with E-state index < -0.39 is 5.95 Å². The number of hydrogen-bond acceptors (Lipinski definition) is 3. The zero-order valence-corrected chi connectivity index (χ0v) is 14.9. The van der Waals surface area contributed by atoms with Crippen molar-refractivity contribution in [3.05, 3.63) is 71.9 Å². The minimum absolute atomic E-state index is 0.226. The molecule has 28 heavy (non-hydrogen) atoms. The number of halogens is 2. The molecule has 140 valence electrons. The number of amides is 1. The van der Waals surface area contributed by atoms with Crippen molar-refractivity contribution in [2.75, 3.05) is 11.4 Å². The van der Waals surface area contributed by atoms with E-state index in [2.05, 4.69) is 10.1 Å². The Morgan fingerprint density at radius 1 is 1.07 bits per heavy atom. The third-order valence-corrected chi connectivity index (χ3v) is 5.05. The number of anilines is 1. The van der Waals surface area contributed by atoms with Gasteiger partial charge < -0.3 is 4.90 Å².